The third-order valence-electron chi connectivity index (χ3n) is 0.848. The maximum Gasteiger partial charge on any atom is -0.0374 e. The molecule has 0 aromatic carbocycles. The fourth-order valence-electron chi connectivity index (χ4n) is 0.405. The highest BCUT2D eigenvalue weighted by molar-refractivity contribution is 5.11. The number of allylic oxidation sites excluding steroid dienone is 3. The summed E-state index contributed by atoms with van der Waals surface area (Å²) >= 11 is 0. The molecule has 0 rings (SSSR count). The second kappa shape index (κ2) is 15.8. The van der Waals surface area contributed by atoms with Gasteiger partial charge in [0.15, 0.2) is 0 Å². The lowest BCUT2D eigenvalue weighted by molar-refractivity contribution is 1.20. The molecule has 0 amide bonds. The zero-order valence-corrected chi connectivity index (χ0v) is 7.07. The van der Waals surface area contributed by atoms with E-state index >= 15 is 0 Å². The van der Waals surface area contributed by atoms with Gasteiger partial charge in [-0.1, -0.05) is 52.5 Å². The van der Waals surface area contributed by atoms with E-state index in [0.717, 1.165) is 6.42 Å². The molecule has 62 valence electrons. The summed E-state index contributed by atoms with van der Waals surface area (Å²) < 4.78 is 0. The van der Waals surface area contributed by atoms with Crippen molar-refractivity contribution in [3.63, 3.8) is 0 Å². The van der Waals surface area contributed by atoms with Crippen molar-refractivity contribution < 1.29 is 0 Å². The smallest absolute Gasteiger partial charge is 0.0374 e. The molecule has 0 saturated heterocycles. The van der Waals surface area contributed by atoms with E-state index in [4.69, 9.17) is 0 Å². The molecular weight excluding hydrogens is 120 g/mol. The Bertz CT molecular complexity index is 78.0. The Morgan fingerprint density at radius 3 is 1.90 bits per heavy atom. The van der Waals surface area contributed by atoms with E-state index in [1.54, 1.807) is 0 Å². The number of hydrogen-bond acceptors (Lipinski definition) is 0. The second-order valence-corrected chi connectivity index (χ2v) is 1.56. The topological polar surface area (TPSA) is 0 Å². The van der Waals surface area contributed by atoms with E-state index in [0.29, 0.717) is 0 Å². The minimum Gasteiger partial charge on any atom is -0.0988 e. The van der Waals surface area contributed by atoms with Gasteiger partial charge in [-0.05, 0) is 13.3 Å². The van der Waals surface area contributed by atoms with Crippen LogP contribution in [0.1, 0.15) is 41.5 Å². The molecule has 0 aliphatic carbocycles. The van der Waals surface area contributed by atoms with Crippen LogP contribution in [0.5, 0.6) is 0 Å². The zero-order valence-electron chi connectivity index (χ0n) is 7.07. The van der Waals surface area contributed by atoms with Gasteiger partial charge in [0, 0.05) is 0 Å². The molecule has 0 unspecified atom stereocenters. The molecule has 0 aliphatic heterocycles. The van der Waals surface area contributed by atoms with Gasteiger partial charge in [0.2, 0.25) is 0 Å². The van der Waals surface area contributed by atoms with Crippen molar-refractivity contribution in [2.45, 2.75) is 41.5 Å². The summed E-state index contributed by atoms with van der Waals surface area (Å²) in [5, 5.41) is 0. The minimum absolute atomic E-state index is 0. The molecule has 0 nitrogen and oxygen atoms in total. The van der Waals surface area contributed by atoms with Gasteiger partial charge in [0.25, 0.3) is 0 Å². The summed E-state index contributed by atoms with van der Waals surface area (Å²) in [6.07, 6.45) is 5.12. The van der Waals surface area contributed by atoms with Gasteiger partial charge in [-0.15, -0.1) is 0 Å². The molecule has 0 aliphatic rings. The van der Waals surface area contributed by atoms with E-state index in [1.165, 1.54) is 5.57 Å². The molecule has 0 saturated carbocycles. The van der Waals surface area contributed by atoms with Crippen LogP contribution in [0.2, 0.25) is 0 Å². The predicted octanol–water partition coefficient (Wildman–Crippen LogP) is 4.19. The predicted molar refractivity (Wildman–Crippen MR) is 52.3 cm³/mol. The molecule has 0 heterocycles. The molecule has 0 aromatic rings. The summed E-state index contributed by atoms with van der Waals surface area (Å²) in [4.78, 5) is 0. The first-order valence-corrected chi connectivity index (χ1v) is 3.60. The number of rotatable bonds is 2. The molecule has 10 heavy (non-hydrogen) atoms. The Hall–Kier alpha value is -0.520. The molecular formula is C10H22. The average Bonchev–Trinajstić information content (AvgIpc) is 1.93. The summed E-state index contributed by atoms with van der Waals surface area (Å²) in [7, 11) is 0. The number of hydrogen-bond donors (Lipinski definition) is 0. The molecule has 0 spiro atoms. The first kappa shape index (κ1) is 16.2. The van der Waals surface area contributed by atoms with Gasteiger partial charge < -0.3 is 0 Å². The van der Waals surface area contributed by atoms with E-state index < -0.39 is 0 Å². The lowest BCUT2D eigenvalue weighted by atomic mass is 10.2. The van der Waals surface area contributed by atoms with Crippen LogP contribution in [0.25, 0.3) is 0 Å². The summed E-state index contributed by atoms with van der Waals surface area (Å²) in [6, 6.07) is 0. The maximum atomic E-state index is 3.61. The van der Waals surface area contributed by atoms with Crippen molar-refractivity contribution in [1.82, 2.24) is 0 Å². The van der Waals surface area contributed by atoms with Crippen LogP contribution < -0.4 is 0 Å². The van der Waals surface area contributed by atoms with Crippen molar-refractivity contribution in [3.05, 3.63) is 24.3 Å². The van der Waals surface area contributed by atoms with Gasteiger partial charge in [-0.3, -0.25) is 0 Å². The van der Waals surface area contributed by atoms with Crippen LogP contribution in [0.4, 0.5) is 0 Å². The van der Waals surface area contributed by atoms with E-state index in [9.17, 15) is 0 Å². The first-order chi connectivity index (χ1) is 4.31. The van der Waals surface area contributed by atoms with E-state index in [-0.39, 0.29) is 7.43 Å². The summed E-state index contributed by atoms with van der Waals surface area (Å²) in [5.41, 5.74) is 1.27. The highest BCUT2D eigenvalue weighted by Crippen LogP contribution is 1.92. The van der Waals surface area contributed by atoms with Crippen LogP contribution in [0, 0.1) is 0 Å². The molecule has 0 fully saturated rings. The van der Waals surface area contributed by atoms with Gasteiger partial charge in [0.1, 0.15) is 0 Å². The average molecular weight is 142 g/mol. The zero-order chi connectivity index (χ0) is 7.70. The largest absolute Gasteiger partial charge is 0.0988 e. The monoisotopic (exact) mass is 142 g/mol. The van der Waals surface area contributed by atoms with Crippen LogP contribution in [0.15, 0.2) is 24.3 Å². The lowest BCUT2D eigenvalue weighted by Crippen LogP contribution is -1.62. The van der Waals surface area contributed by atoms with Gasteiger partial charge in [-0.25, -0.2) is 0 Å². The molecule has 0 bridgehead atoms. The quantitative estimate of drug-likeness (QED) is 0.507. The fourth-order valence-corrected chi connectivity index (χ4v) is 0.405. The van der Waals surface area contributed by atoms with Crippen molar-refractivity contribution in [3.8, 4) is 0 Å². The van der Waals surface area contributed by atoms with E-state index in [1.807, 2.05) is 19.9 Å². The standard InChI is InChI=1S/C7H12.C2H6.CH4/c1-4-6-7(3)5-2;1-2;/h5-6H,2,4H2,1,3H3;1-2H3;1H4/b7-6-;;. The van der Waals surface area contributed by atoms with Crippen LogP contribution >= 0.6 is 0 Å². The van der Waals surface area contributed by atoms with Gasteiger partial charge in [-0.2, -0.15) is 0 Å². The van der Waals surface area contributed by atoms with Crippen molar-refractivity contribution in [2.24, 2.45) is 0 Å². The minimum atomic E-state index is 0. The highest BCUT2D eigenvalue weighted by atomic mass is 13.8. The molecule has 0 N–H and O–H groups in total. The maximum absolute atomic E-state index is 3.61. The van der Waals surface area contributed by atoms with Crippen molar-refractivity contribution in [1.29, 1.82) is 0 Å². The normalized spacial score (nSPS) is 8.60. The Balaban J connectivity index is -0.000000149. The fraction of sp³-hybridized carbons (Fsp3) is 0.600. The summed E-state index contributed by atoms with van der Waals surface area (Å²) in [5.74, 6) is 0. The second-order valence-electron chi connectivity index (χ2n) is 1.56. The first-order valence-electron chi connectivity index (χ1n) is 3.60. The van der Waals surface area contributed by atoms with Gasteiger partial charge >= 0.3 is 0 Å². The third-order valence-corrected chi connectivity index (χ3v) is 0.848. The van der Waals surface area contributed by atoms with Crippen LogP contribution in [-0.2, 0) is 0 Å². The van der Waals surface area contributed by atoms with E-state index in [2.05, 4.69) is 26.5 Å². The third kappa shape index (κ3) is 15.6. The lowest BCUT2D eigenvalue weighted by Gasteiger charge is -1.83. The van der Waals surface area contributed by atoms with Crippen molar-refractivity contribution in [2.75, 3.05) is 0 Å². The van der Waals surface area contributed by atoms with Crippen LogP contribution in [-0.4, -0.2) is 0 Å². The highest BCUT2D eigenvalue weighted by Gasteiger charge is 1.71. The molecule has 0 atom stereocenters. The van der Waals surface area contributed by atoms with Crippen molar-refractivity contribution >= 4 is 0 Å². The molecule has 0 heteroatoms. The molecule has 0 aromatic heterocycles. The Morgan fingerprint density at radius 2 is 1.80 bits per heavy atom. The van der Waals surface area contributed by atoms with Crippen LogP contribution in [0.3, 0.4) is 0 Å². The molecule has 0 radical (unpaired) electrons. The van der Waals surface area contributed by atoms with Gasteiger partial charge in [0.05, 0.1) is 0 Å². The summed E-state index contributed by atoms with van der Waals surface area (Å²) in [6.45, 7) is 11.8. The Morgan fingerprint density at radius 1 is 1.40 bits per heavy atom. The Kier molecular flexibility index (Phi) is 25.7. The SMILES string of the molecule is C.C=C/C(C)=C\CC.CC. The Labute approximate surface area is 66.7 Å².